The van der Waals surface area contributed by atoms with E-state index >= 15 is 0 Å². The summed E-state index contributed by atoms with van der Waals surface area (Å²) in [6.45, 7) is 4.81. The number of hydrogen-bond acceptors (Lipinski definition) is 4. The molecule has 0 bridgehead atoms. The third kappa shape index (κ3) is 4.44. The van der Waals surface area contributed by atoms with Gasteiger partial charge in [0.1, 0.15) is 6.61 Å². The molecule has 0 saturated heterocycles. The highest BCUT2D eigenvalue weighted by molar-refractivity contribution is 5.96. The Morgan fingerprint density at radius 1 is 1.11 bits per heavy atom. The number of rotatable bonds is 7. The van der Waals surface area contributed by atoms with E-state index in [1.54, 1.807) is 7.11 Å². The molecule has 0 aliphatic heterocycles. The van der Waals surface area contributed by atoms with Crippen molar-refractivity contribution >= 4 is 16.8 Å². The van der Waals surface area contributed by atoms with Gasteiger partial charge in [0.05, 0.1) is 18.2 Å². The summed E-state index contributed by atoms with van der Waals surface area (Å²) >= 11 is 0. The first-order valence-corrected chi connectivity index (χ1v) is 8.98. The molecule has 5 heteroatoms. The standard InChI is InChI=1S/C22H24N2O3/c1-15-8-4-5-9-17(15)22(25)23-16(2)19-14-21(27-13-12-26-3)24-20-11-7-6-10-18(19)20/h4-11,14,16H,12-13H2,1-3H3,(H,23,25)/t16-/m1/s1. The Hall–Kier alpha value is -2.92. The first-order chi connectivity index (χ1) is 13.1. The summed E-state index contributed by atoms with van der Waals surface area (Å²) < 4.78 is 10.7. The Balaban J connectivity index is 1.89. The second kappa shape index (κ2) is 8.64. The van der Waals surface area contributed by atoms with E-state index in [-0.39, 0.29) is 11.9 Å². The number of fused-ring (bicyclic) bond motifs is 1. The van der Waals surface area contributed by atoms with Crippen molar-refractivity contribution in [1.82, 2.24) is 10.3 Å². The third-order valence-electron chi connectivity index (χ3n) is 4.47. The van der Waals surface area contributed by atoms with Crippen LogP contribution in [0, 0.1) is 6.92 Å². The highest BCUT2D eigenvalue weighted by atomic mass is 16.5. The molecule has 27 heavy (non-hydrogen) atoms. The Labute approximate surface area is 159 Å². The lowest BCUT2D eigenvalue weighted by Gasteiger charge is -2.18. The van der Waals surface area contributed by atoms with Gasteiger partial charge in [-0.1, -0.05) is 36.4 Å². The Morgan fingerprint density at radius 3 is 2.63 bits per heavy atom. The van der Waals surface area contributed by atoms with Crippen molar-refractivity contribution < 1.29 is 14.3 Å². The van der Waals surface area contributed by atoms with E-state index < -0.39 is 0 Å². The first kappa shape index (κ1) is 18.9. The van der Waals surface area contributed by atoms with Gasteiger partial charge in [-0.25, -0.2) is 4.98 Å². The fraction of sp³-hybridized carbons (Fsp3) is 0.273. The fourth-order valence-electron chi connectivity index (χ4n) is 3.02. The highest BCUT2D eigenvalue weighted by Crippen LogP contribution is 2.27. The SMILES string of the molecule is COCCOc1cc([C@@H](C)NC(=O)c2ccccc2C)c2ccccc2n1. The number of nitrogens with zero attached hydrogens (tertiary/aromatic N) is 1. The highest BCUT2D eigenvalue weighted by Gasteiger charge is 2.17. The van der Waals surface area contributed by atoms with Gasteiger partial charge in [-0.05, 0) is 37.1 Å². The molecule has 1 amide bonds. The van der Waals surface area contributed by atoms with Gasteiger partial charge in [0.2, 0.25) is 5.88 Å². The van der Waals surface area contributed by atoms with Gasteiger partial charge < -0.3 is 14.8 Å². The molecule has 1 N–H and O–H groups in total. The number of pyridine rings is 1. The van der Waals surface area contributed by atoms with Crippen molar-refractivity contribution in [2.45, 2.75) is 19.9 Å². The molecule has 0 radical (unpaired) electrons. The van der Waals surface area contributed by atoms with E-state index in [2.05, 4.69) is 10.3 Å². The van der Waals surface area contributed by atoms with Crippen molar-refractivity contribution in [3.63, 3.8) is 0 Å². The van der Waals surface area contributed by atoms with Crippen LogP contribution in [0.4, 0.5) is 0 Å². The summed E-state index contributed by atoms with van der Waals surface area (Å²) in [6, 6.07) is 17.1. The normalized spacial score (nSPS) is 12.0. The molecule has 5 nitrogen and oxygen atoms in total. The van der Waals surface area contributed by atoms with E-state index in [1.165, 1.54) is 0 Å². The monoisotopic (exact) mass is 364 g/mol. The largest absolute Gasteiger partial charge is 0.475 e. The topological polar surface area (TPSA) is 60.5 Å². The number of carbonyl (C=O) groups is 1. The first-order valence-electron chi connectivity index (χ1n) is 8.98. The second-order valence-corrected chi connectivity index (χ2v) is 6.42. The average Bonchev–Trinajstić information content (AvgIpc) is 2.67. The maximum atomic E-state index is 12.7. The molecule has 0 aliphatic rings. The molecule has 0 fully saturated rings. The Bertz CT molecular complexity index is 940. The lowest BCUT2D eigenvalue weighted by Crippen LogP contribution is -2.27. The number of nitrogens with one attached hydrogen (secondary N) is 1. The number of aryl methyl sites for hydroxylation is 1. The summed E-state index contributed by atoms with van der Waals surface area (Å²) in [5.41, 5.74) is 3.43. The van der Waals surface area contributed by atoms with Gasteiger partial charge in [-0.3, -0.25) is 4.79 Å². The third-order valence-corrected chi connectivity index (χ3v) is 4.47. The molecular weight excluding hydrogens is 340 g/mol. The van der Waals surface area contributed by atoms with Crippen LogP contribution in [-0.4, -0.2) is 31.2 Å². The second-order valence-electron chi connectivity index (χ2n) is 6.42. The molecule has 0 spiro atoms. The molecule has 1 aromatic heterocycles. The van der Waals surface area contributed by atoms with Crippen molar-refractivity contribution in [2.24, 2.45) is 0 Å². The number of hydrogen-bond donors (Lipinski definition) is 1. The van der Waals surface area contributed by atoms with Crippen LogP contribution in [0.1, 0.15) is 34.5 Å². The van der Waals surface area contributed by atoms with Gasteiger partial charge >= 0.3 is 0 Å². The van der Waals surface area contributed by atoms with E-state index in [0.29, 0.717) is 24.7 Å². The smallest absolute Gasteiger partial charge is 0.252 e. The summed E-state index contributed by atoms with van der Waals surface area (Å²) in [5.74, 6) is 0.432. The zero-order chi connectivity index (χ0) is 19.2. The molecule has 3 aromatic rings. The van der Waals surface area contributed by atoms with E-state index in [9.17, 15) is 4.79 Å². The zero-order valence-corrected chi connectivity index (χ0v) is 15.9. The Morgan fingerprint density at radius 2 is 1.85 bits per heavy atom. The molecule has 2 aromatic carbocycles. The minimum absolute atomic E-state index is 0.0941. The molecule has 0 saturated carbocycles. The summed E-state index contributed by atoms with van der Waals surface area (Å²) in [4.78, 5) is 17.3. The molecule has 0 aliphatic carbocycles. The van der Waals surface area contributed by atoms with E-state index in [0.717, 1.165) is 22.0 Å². The van der Waals surface area contributed by atoms with Crippen LogP contribution >= 0.6 is 0 Å². The van der Waals surface area contributed by atoms with Crippen molar-refractivity contribution in [3.05, 3.63) is 71.3 Å². The summed E-state index contributed by atoms with van der Waals surface area (Å²) in [6.07, 6.45) is 0. The average molecular weight is 364 g/mol. The molecular formula is C22H24N2O3. The Kier molecular flexibility index (Phi) is 6.04. The fourth-order valence-corrected chi connectivity index (χ4v) is 3.02. The van der Waals surface area contributed by atoms with E-state index in [1.807, 2.05) is 68.4 Å². The van der Waals surface area contributed by atoms with Gasteiger partial charge in [0, 0.05) is 24.1 Å². The number of aromatic nitrogens is 1. The predicted molar refractivity (Wildman–Crippen MR) is 106 cm³/mol. The molecule has 1 heterocycles. The van der Waals surface area contributed by atoms with Crippen LogP contribution in [0.25, 0.3) is 10.9 Å². The lowest BCUT2D eigenvalue weighted by atomic mass is 10.0. The van der Waals surface area contributed by atoms with Crippen LogP contribution in [0.3, 0.4) is 0 Å². The van der Waals surface area contributed by atoms with Gasteiger partial charge in [0.15, 0.2) is 0 Å². The van der Waals surface area contributed by atoms with Crippen LogP contribution in [0.2, 0.25) is 0 Å². The summed E-state index contributed by atoms with van der Waals surface area (Å²) in [7, 11) is 1.63. The molecule has 0 unspecified atom stereocenters. The van der Waals surface area contributed by atoms with Crippen molar-refractivity contribution in [1.29, 1.82) is 0 Å². The minimum Gasteiger partial charge on any atom is -0.475 e. The number of benzene rings is 2. The zero-order valence-electron chi connectivity index (χ0n) is 15.9. The summed E-state index contributed by atoms with van der Waals surface area (Å²) in [5, 5.41) is 4.09. The minimum atomic E-state index is -0.199. The van der Waals surface area contributed by atoms with Gasteiger partial charge in [0.25, 0.3) is 5.91 Å². The van der Waals surface area contributed by atoms with Crippen LogP contribution in [0.15, 0.2) is 54.6 Å². The van der Waals surface area contributed by atoms with Crippen LogP contribution < -0.4 is 10.1 Å². The molecule has 1 atom stereocenters. The maximum absolute atomic E-state index is 12.7. The lowest BCUT2D eigenvalue weighted by molar-refractivity contribution is 0.0939. The number of para-hydroxylation sites is 1. The predicted octanol–water partition coefficient (Wildman–Crippen LogP) is 4.06. The van der Waals surface area contributed by atoms with Crippen LogP contribution in [-0.2, 0) is 4.74 Å². The molecule has 3 rings (SSSR count). The van der Waals surface area contributed by atoms with Gasteiger partial charge in [-0.15, -0.1) is 0 Å². The van der Waals surface area contributed by atoms with Crippen molar-refractivity contribution in [2.75, 3.05) is 20.3 Å². The van der Waals surface area contributed by atoms with Gasteiger partial charge in [-0.2, -0.15) is 0 Å². The number of amides is 1. The quantitative estimate of drug-likeness (QED) is 0.642. The number of ether oxygens (including phenoxy) is 2. The number of carbonyl (C=O) groups excluding carboxylic acids is 1. The number of methoxy groups -OCH3 is 1. The van der Waals surface area contributed by atoms with Crippen molar-refractivity contribution in [3.8, 4) is 5.88 Å². The maximum Gasteiger partial charge on any atom is 0.252 e. The molecule has 140 valence electrons. The van der Waals surface area contributed by atoms with Crippen LogP contribution in [0.5, 0.6) is 5.88 Å². The van der Waals surface area contributed by atoms with E-state index in [4.69, 9.17) is 9.47 Å².